The Morgan fingerprint density at radius 1 is 1.07 bits per heavy atom. The molecule has 1 atom stereocenters. The molecule has 5 nitrogen and oxygen atoms in total. The Morgan fingerprint density at radius 3 is 2.41 bits per heavy atom. The van der Waals surface area contributed by atoms with E-state index in [9.17, 15) is 13.2 Å². The van der Waals surface area contributed by atoms with Crippen molar-refractivity contribution < 1.29 is 13.2 Å². The summed E-state index contributed by atoms with van der Waals surface area (Å²) in [5, 5.41) is 0.494. The quantitative estimate of drug-likeness (QED) is 0.783. The van der Waals surface area contributed by atoms with Crippen molar-refractivity contribution in [2.24, 2.45) is 0 Å². The summed E-state index contributed by atoms with van der Waals surface area (Å²) in [5.41, 5.74) is 2.18. The van der Waals surface area contributed by atoms with Crippen molar-refractivity contribution in [3.8, 4) is 0 Å². The van der Waals surface area contributed by atoms with Crippen molar-refractivity contribution in [3.63, 3.8) is 0 Å². The topological polar surface area (TPSA) is 57.7 Å². The molecular formula is C20H21ClN2O3S. The third-order valence-corrected chi connectivity index (χ3v) is 7.44. The smallest absolute Gasteiger partial charge is 0.264 e. The number of carbonyl (C=O) groups is 1. The largest absolute Gasteiger partial charge is 0.339 e. The standard InChI is InChI=1S/C20H21ClN2O3S/c1-14-12-16-13-15(20(24)22-10-2-3-11-22)4-9-19(16)23(14)27(25,26)18-7-5-17(21)6-8-18/h4-9,13-14H,2-3,10-12H2,1H3/t14-/m1/s1. The van der Waals surface area contributed by atoms with Gasteiger partial charge in [-0.1, -0.05) is 11.6 Å². The van der Waals surface area contributed by atoms with Crippen LogP contribution in [0, 0.1) is 0 Å². The van der Waals surface area contributed by atoms with Crippen molar-refractivity contribution in [1.82, 2.24) is 4.90 Å². The van der Waals surface area contributed by atoms with Crippen molar-refractivity contribution in [3.05, 3.63) is 58.6 Å². The fourth-order valence-electron chi connectivity index (χ4n) is 3.92. The van der Waals surface area contributed by atoms with Gasteiger partial charge in [0, 0.05) is 29.7 Å². The number of anilines is 1. The fraction of sp³-hybridized carbons (Fsp3) is 0.350. The van der Waals surface area contributed by atoms with E-state index < -0.39 is 10.0 Å². The van der Waals surface area contributed by atoms with Crippen LogP contribution in [0.1, 0.15) is 35.7 Å². The summed E-state index contributed by atoms with van der Waals surface area (Å²) in [6.07, 6.45) is 2.67. The highest BCUT2D eigenvalue weighted by Gasteiger charge is 2.36. The number of likely N-dealkylation sites (tertiary alicyclic amines) is 1. The van der Waals surface area contributed by atoms with Crippen LogP contribution in [0.2, 0.25) is 5.02 Å². The fourth-order valence-corrected chi connectivity index (χ4v) is 5.74. The van der Waals surface area contributed by atoms with Gasteiger partial charge >= 0.3 is 0 Å². The van der Waals surface area contributed by atoms with Crippen LogP contribution >= 0.6 is 11.6 Å². The van der Waals surface area contributed by atoms with Gasteiger partial charge < -0.3 is 4.90 Å². The van der Waals surface area contributed by atoms with Gasteiger partial charge in [0.1, 0.15) is 0 Å². The molecule has 0 aromatic heterocycles. The van der Waals surface area contributed by atoms with Crippen LogP contribution in [0.4, 0.5) is 5.69 Å². The molecule has 2 heterocycles. The highest BCUT2D eigenvalue weighted by molar-refractivity contribution is 7.92. The minimum Gasteiger partial charge on any atom is -0.339 e. The van der Waals surface area contributed by atoms with Gasteiger partial charge in [0.15, 0.2) is 0 Å². The summed E-state index contributed by atoms with van der Waals surface area (Å²) in [6, 6.07) is 11.3. The number of rotatable bonds is 3. The average Bonchev–Trinajstić information content (AvgIpc) is 3.28. The monoisotopic (exact) mass is 404 g/mol. The maximum absolute atomic E-state index is 13.2. The van der Waals surface area contributed by atoms with Gasteiger partial charge in [-0.2, -0.15) is 0 Å². The molecule has 2 aromatic rings. The van der Waals surface area contributed by atoms with Crippen LogP contribution in [0.3, 0.4) is 0 Å². The van der Waals surface area contributed by atoms with E-state index >= 15 is 0 Å². The van der Waals surface area contributed by atoms with Crippen LogP contribution in [-0.2, 0) is 16.4 Å². The molecule has 2 aliphatic heterocycles. The van der Waals surface area contributed by atoms with E-state index in [1.807, 2.05) is 17.9 Å². The molecule has 0 N–H and O–H groups in total. The molecule has 1 fully saturated rings. The molecule has 27 heavy (non-hydrogen) atoms. The third kappa shape index (κ3) is 3.21. The van der Waals surface area contributed by atoms with Crippen molar-refractivity contribution in [2.45, 2.75) is 37.1 Å². The van der Waals surface area contributed by atoms with Gasteiger partial charge in [0.05, 0.1) is 10.6 Å². The normalized spacial score (nSPS) is 19.4. The second-order valence-electron chi connectivity index (χ2n) is 7.15. The second-order valence-corrected chi connectivity index (χ2v) is 9.40. The number of nitrogens with zero attached hydrogens (tertiary/aromatic N) is 2. The molecule has 142 valence electrons. The minimum absolute atomic E-state index is 0.0296. The predicted octanol–water partition coefficient (Wildman–Crippen LogP) is 3.72. The van der Waals surface area contributed by atoms with Crippen LogP contribution in [0.5, 0.6) is 0 Å². The second kappa shape index (κ2) is 6.84. The lowest BCUT2D eigenvalue weighted by Crippen LogP contribution is -2.35. The number of hydrogen-bond acceptors (Lipinski definition) is 3. The average molecular weight is 405 g/mol. The first-order chi connectivity index (χ1) is 12.9. The summed E-state index contributed by atoms with van der Waals surface area (Å²) in [5.74, 6) is 0.0296. The van der Waals surface area contributed by atoms with E-state index in [1.165, 1.54) is 16.4 Å². The first kappa shape index (κ1) is 18.3. The number of hydrogen-bond donors (Lipinski definition) is 0. The Kier molecular flexibility index (Phi) is 4.64. The number of benzene rings is 2. The van der Waals surface area contributed by atoms with Crippen LogP contribution < -0.4 is 4.31 Å². The van der Waals surface area contributed by atoms with Gasteiger partial charge in [-0.3, -0.25) is 9.10 Å². The maximum atomic E-state index is 13.2. The lowest BCUT2D eigenvalue weighted by Gasteiger charge is -2.24. The molecule has 2 aromatic carbocycles. The molecule has 1 saturated heterocycles. The lowest BCUT2D eigenvalue weighted by atomic mass is 10.1. The predicted molar refractivity (Wildman–Crippen MR) is 106 cm³/mol. The van der Waals surface area contributed by atoms with Crippen LogP contribution in [0.15, 0.2) is 47.4 Å². The molecule has 0 aliphatic carbocycles. The van der Waals surface area contributed by atoms with E-state index in [2.05, 4.69) is 0 Å². The van der Waals surface area contributed by atoms with Crippen LogP contribution in [-0.4, -0.2) is 38.4 Å². The van der Waals surface area contributed by atoms with Crippen molar-refractivity contribution in [1.29, 1.82) is 0 Å². The van der Waals surface area contributed by atoms with Gasteiger partial charge in [-0.25, -0.2) is 8.42 Å². The Bertz CT molecular complexity index is 983. The van der Waals surface area contributed by atoms with Crippen LogP contribution in [0.25, 0.3) is 0 Å². The Morgan fingerprint density at radius 2 is 1.74 bits per heavy atom. The number of amides is 1. The Labute approximate surface area is 164 Å². The van der Waals surface area contributed by atoms with Gasteiger partial charge in [0.25, 0.3) is 15.9 Å². The lowest BCUT2D eigenvalue weighted by molar-refractivity contribution is 0.0792. The summed E-state index contributed by atoms with van der Waals surface area (Å²) >= 11 is 5.89. The molecule has 4 rings (SSSR count). The molecule has 0 unspecified atom stereocenters. The number of halogens is 1. The van der Waals surface area contributed by atoms with Gasteiger partial charge in [-0.05, 0) is 74.2 Å². The summed E-state index contributed by atoms with van der Waals surface area (Å²) in [7, 11) is -3.69. The number of fused-ring (bicyclic) bond motifs is 1. The van der Waals surface area contributed by atoms with Crippen molar-refractivity contribution in [2.75, 3.05) is 17.4 Å². The molecule has 1 amide bonds. The first-order valence-corrected chi connectivity index (χ1v) is 10.9. The number of sulfonamides is 1. The highest BCUT2D eigenvalue weighted by atomic mass is 35.5. The van der Waals surface area contributed by atoms with Crippen molar-refractivity contribution >= 4 is 33.2 Å². The molecule has 0 bridgehead atoms. The van der Waals surface area contributed by atoms with E-state index in [1.54, 1.807) is 24.3 Å². The van der Waals surface area contributed by atoms with E-state index in [4.69, 9.17) is 11.6 Å². The van der Waals surface area contributed by atoms with E-state index in [-0.39, 0.29) is 16.8 Å². The minimum atomic E-state index is -3.69. The molecule has 0 spiro atoms. The highest BCUT2D eigenvalue weighted by Crippen LogP contribution is 2.37. The Hall–Kier alpha value is -2.05. The van der Waals surface area contributed by atoms with E-state index in [0.29, 0.717) is 22.7 Å². The van der Waals surface area contributed by atoms with Gasteiger partial charge in [0.2, 0.25) is 0 Å². The summed E-state index contributed by atoms with van der Waals surface area (Å²) < 4.78 is 27.8. The van der Waals surface area contributed by atoms with Gasteiger partial charge in [-0.15, -0.1) is 0 Å². The van der Waals surface area contributed by atoms with E-state index in [0.717, 1.165) is 31.5 Å². The molecule has 0 saturated carbocycles. The third-order valence-electron chi connectivity index (χ3n) is 5.24. The molecule has 2 aliphatic rings. The SMILES string of the molecule is C[C@@H]1Cc2cc(C(=O)N3CCCC3)ccc2N1S(=O)(=O)c1ccc(Cl)cc1. The maximum Gasteiger partial charge on any atom is 0.264 e. The molecule has 7 heteroatoms. The molecular weight excluding hydrogens is 384 g/mol. The molecule has 0 radical (unpaired) electrons. The number of carbonyl (C=O) groups excluding carboxylic acids is 1. The first-order valence-electron chi connectivity index (χ1n) is 9.10. The summed E-state index contributed by atoms with van der Waals surface area (Å²) in [6.45, 7) is 3.47. The summed E-state index contributed by atoms with van der Waals surface area (Å²) in [4.78, 5) is 14.7. The zero-order chi connectivity index (χ0) is 19.2. The zero-order valence-corrected chi connectivity index (χ0v) is 16.6. The zero-order valence-electron chi connectivity index (χ0n) is 15.1. The Balaban J connectivity index is 1.68.